The Kier molecular flexibility index (Phi) is 6.55. The average molecular weight is 345 g/mol. The molecule has 0 fully saturated rings. The summed E-state index contributed by atoms with van der Waals surface area (Å²) in [5.41, 5.74) is 3.20. The fourth-order valence-corrected chi connectivity index (χ4v) is 3.18. The fraction of sp³-hybridized carbons (Fsp3) is 0.316. The number of methoxy groups -OCH3 is 2. The van der Waals surface area contributed by atoms with Crippen LogP contribution in [0.4, 0.5) is 5.69 Å². The summed E-state index contributed by atoms with van der Waals surface area (Å²) >= 11 is 1.62. The largest absolute Gasteiger partial charge is 0.493 e. The van der Waals surface area contributed by atoms with E-state index in [0.717, 1.165) is 5.75 Å². The number of hydrogen-bond donors (Lipinski definition) is 1. The number of nitrogens with one attached hydrogen (secondary N) is 1. The molecule has 1 N–H and O–H groups in total. The van der Waals surface area contributed by atoms with Crippen molar-refractivity contribution in [3.05, 3.63) is 53.6 Å². The van der Waals surface area contributed by atoms with Crippen molar-refractivity contribution in [1.82, 2.24) is 0 Å². The van der Waals surface area contributed by atoms with Gasteiger partial charge in [0.15, 0.2) is 11.5 Å². The molecule has 24 heavy (non-hydrogen) atoms. The Balaban J connectivity index is 1.95. The standard InChI is InChI=1S/C19H23NO3S/c1-13-7-5-6-8-15(13)12-24-14(2)19(21)20-16-9-10-17(22-3)18(11-16)23-4/h5-11,14H,12H2,1-4H3,(H,20,21). The van der Waals surface area contributed by atoms with Crippen LogP contribution in [0, 0.1) is 6.92 Å². The van der Waals surface area contributed by atoms with E-state index in [-0.39, 0.29) is 11.2 Å². The predicted molar refractivity (Wildman–Crippen MR) is 100 cm³/mol. The predicted octanol–water partition coefficient (Wildman–Crippen LogP) is 4.27. The lowest BCUT2D eigenvalue weighted by Gasteiger charge is -2.14. The molecular weight excluding hydrogens is 322 g/mol. The van der Waals surface area contributed by atoms with Gasteiger partial charge in [-0.1, -0.05) is 24.3 Å². The van der Waals surface area contributed by atoms with Gasteiger partial charge in [0.1, 0.15) is 0 Å². The van der Waals surface area contributed by atoms with Gasteiger partial charge in [-0.3, -0.25) is 4.79 Å². The van der Waals surface area contributed by atoms with Crippen LogP contribution >= 0.6 is 11.8 Å². The highest BCUT2D eigenvalue weighted by molar-refractivity contribution is 7.99. The summed E-state index contributed by atoms with van der Waals surface area (Å²) in [4.78, 5) is 12.4. The van der Waals surface area contributed by atoms with Gasteiger partial charge in [0.25, 0.3) is 0 Å². The van der Waals surface area contributed by atoms with E-state index in [2.05, 4.69) is 24.4 Å². The Hall–Kier alpha value is -2.14. The second-order valence-corrected chi connectivity index (χ2v) is 6.77. The van der Waals surface area contributed by atoms with Crippen molar-refractivity contribution in [1.29, 1.82) is 0 Å². The van der Waals surface area contributed by atoms with Crippen molar-refractivity contribution < 1.29 is 14.3 Å². The number of amides is 1. The van der Waals surface area contributed by atoms with E-state index in [0.29, 0.717) is 17.2 Å². The monoisotopic (exact) mass is 345 g/mol. The topological polar surface area (TPSA) is 47.6 Å². The van der Waals surface area contributed by atoms with Crippen LogP contribution in [0.2, 0.25) is 0 Å². The van der Waals surface area contributed by atoms with Gasteiger partial charge in [0.05, 0.1) is 19.5 Å². The van der Waals surface area contributed by atoms with Gasteiger partial charge < -0.3 is 14.8 Å². The van der Waals surface area contributed by atoms with Gasteiger partial charge in [-0.25, -0.2) is 0 Å². The Morgan fingerprint density at radius 3 is 2.50 bits per heavy atom. The van der Waals surface area contributed by atoms with Crippen LogP contribution in [-0.2, 0) is 10.5 Å². The van der Waals surface area contributed by atoms with Crippen LogP contribution in [0.15, 0.2) is 42.5 Å². The van der Waals surface area contributed by atoms with Gasteiger partial charge in [-0.05, 0) is 37.1 Å². The number of anilines is 1. The first kappa shape index (κ1) is 18.2. The van der Waals surface area contributed by atoms with Crippen molar-refractivity contribution in [2.75, 3.05) is 19.5 Å². The first-order chi connectivity index (χ1) is 11.5. The van der Waals surface area contributed by atoms with E-state index in [1.807, 2.05) is 19.1 Å². The number of hydrogen-bond acceptors (Lipinski definition) is 4. The van der Waals surface area contributed by atoms with Gasteiger partial charge in [-0.2, -0.15) is 0 Å². The molecule has 5 heteroatoms. The minimum absolute atomic E-state index is 0.0270. The summed E-state index contributed by atoms with van der Waals surface area (Å²) in [6, 6.07) is 13.6. The maximum Gasteiger partial charge on any atom is 0.237 e. The number of carbonyl (C=O) groups is 1. The van der Waals surface area contributed by atoms with E-state index < -0.39 is 0 Å². The molecule has 0 aliphatic rings. The van der Waals surface area contributed by atoms with E-state index in [9.17, 15) is 4.79 Å². The molecule has 0 spiro atoms. The normalized spacial score (nSPS) is 11.7. The zero-order valence-electron chi connectivity index (χ0n) is 14.5. The van der Waals surface area contributed by atoms with Crippen LogP contribution in [0.5, 0.6) is 11.5 Å². The molecule has 0 aromatic heterocycles. The number of benzene rings is 2. The summed E-state index contributed by atoms with van der Waals surface area (Å²) in [5, 5.41) is 2.77. The first-order valence-corrected chi connectivity index (χ1v) is 8.79. The number of carbonyl (C=O) groups excluding carboxylic acids is 1. The summed E-state index contributed by atoms with van der Waals surface area (Å²) < 4.78 is 10.5. The van der Waals surface area contributed by atoms with Gasteiger partial charge in [-0.15, -0.1) is 11.8 Å². The lowest BCUT2D eigenvalue weighted by atomic mass is 10.1. The van der Waals surface area contributed by atoms with Gasteiger partial charge >= 0.3 is 0 Å². The molecule has 0 saturated heterocycles. The molecule has 2 rings (SSSR count). The molecule has 0 aliphatic heterocycles. The molecule has 0 bridgehead atoms. The molecular formula is C19H23NO3S. The van der Waals surface area contributed by atoms with Crippen molar-refractivity contribution >= 4 is 23.4 Å². The Bertz CT molecular complexity index is 703. The minimum Gasteiger partial charge on any atom is -0.493 e. The highest BCUT2D eigenvalue weighted by Crippen LogP contribution is 2.30. The van der Waals surface area contributed by atoms with Crippen LogP contribution in [0.1, 0.15) is 18.1 Å². The molecule has 128 valence electrons. The summed E-state index contributed by atoms with van der Waals surface area (Å²) in [5.74, 6) is 2.02. The maximum atomic E-state index is 12.4. The summed E-state index contributed by atoms with van der Waals surface area (Å²) in [6.45, 7) is 4.00. The van der Waals surface area contributed by atoms with Crippen LogP contribution in [0.3, 0.4) is 0 Å². The zero-order chi connectivity index (χ0) is 17.5. The molecule has 0 radical (unpaired) electrons. The molecule has 1 atom stereocenters. The number of rotatable bonds is 7. The van der Waals surface area contributed by atoms with Crippen molar-refractivity contribution in [2.24, 2.45) is 0 Å². The van der Waals surface area contributed by atoms with E-state index >= 15 is 0 Å². The lowest BCUT2D eigenvalue weighted by molar-refractivity contribution is -0.115. The maximum absolute atomic E-state index is 12.4. The third-order valence-electron chi connectivity index (χ3n) is 3.77. The third kappa shape index (κ3) is 4.68. The Morgan fingerprint density at radius 1 is 1.12 bits per heavy atom. The number of thioether (sulfide) groups is 1. The third-order valence-corrected chi connectivity index (χ3v) is 4.96. The minimum atomic E-state index is -0.155. The highest BCUT2D eigenvalue weighted by Gasteiger charge is 2.15. The van der Waals surface area contributed by atoms with E-state index in [1.165, 1.54) is 11.1 Å². The van der Waals surface area contributed by atoms with Crippen LogP contribution in [0.25, 0.3) is 0 Å². The second-order valence-electron chi connectivity index (χ2n) is 5.44. The molecule has 0 saturated carbocycles. The molecule has 2 aromatic rings. The molecule has 1 amide bonds. The molecule has 2 aromatic carbocycles. The van der Waals surface area contributed by atoms with Gasteiger partial charge in [0, 0.05) is 17.5 Å². The summed E-state index contributed by atoms with van der Waals surface area (Å²) in [6.07, 6.45) is 0. The molecule has 0 aliphatic carbocycles. The van der Waals surface area contributed by atoms with E-state index in [4.69, 9.17) is 9.47 Å². The molecule has 1 unspecified atom stereocenters. The Morgan fingerprint density at radius 2 is 1.83 bits per heavy atom. The fourth-order valence-electron chi connectivity index (χ4n) is 2.22. The zero-order valence-corrected chi connectivity index (χ0v) is 15.3. The number of aryl methyl sites for hydroxylation is 1. The van der Waals surface area contributed by atoms with Crippen molar-refractivity contribution in [3.8, 4) is 11.5 Å². The van der Waals surface area contributed by atoms with Gasteiger partial charge in [0.2, 0.25) is 5.91 Å². The highest BCUT2D eigenvalue weighted by atomic mass is 32.2. The van der Waals surface area contributed by atoms with E-state index in [1.54, 1.807) is 44.2 Å². The second kappa shape index (κ2) is 8.64. The quantitative estimate of drug-likeness (QED) is 0.814. The SMILES string of the molecule is COc1ccc(NC(=O)C(C)SCc2ccccc2C)cc1OC. The first-order valence-electron chi connectivity index (χ1n) is 7.74. The number of ether oxygens (including phenoxy) is 2. The van der Waals surface area contributed by atoms with Crippen LogP contribution in [-0.4, -0.2) is 25.4 Å². The molecule has 4 nitrogen and oxygen atoms in total. The smallest absolute Gasteiger partial charge is 0.237 e. The van der Waals surface area contributed by atoms with Crippen molar-refractivity contribution in [2.45, 2.75) is 24.9 Å². The van der Waals surface area contributed by atoms with Crippen molar-refractivity contribution in [3.63, 3.8) is 0 Å². The summed E-state index contributed by atoms with van der Waals surface area (Å²) in [7, 11) is 3.16. The average Bonchev–Trinajstić information content (AvgIpc) is 2.60. The van der Waals surface area contributed by atoms with Crippen LogP contribution < -0.4 is 14.8 Å². The lowest BCUT2D eigenvalue weighted by Crippen LogP contribution is -2.22. The molecule has 0 heterocycles. The Labute approximate surface area is 147 Å².